The van der Waals surface area contributed by atoms with Crippen LogP contribution in [-0.4, -0.2) is 40.3 Å². The van der Waals surface area contributed by atoms with Crippen LogP contribution in [0, 0.1) is 11.6 Å². The van der Waals surface area contributed by atoms with E-state index in [2.05, 4.69) is 26.1 Å². The molecule has 0 fully saturated rings. The number of sulfonamides is 1. The summed E-state index contributed by atoms with van der Waals surface area (Å²) in [5, 5.41) is 2.55. The van der Waals surface area contributed by atoms with E-state index in [4.69, 9.17) is 4.74 Å². The lowest BCUT2D eigenvalue weighted by molar-refractivity contribution is -0.119. The number of halogens is 2. The molecule has 0 spiro atoms. The van der Waals surface area contributed by atoms with Crippen molar-refractivity contribution in [3.8, 4) is 5.75 Å². The molecule has 0 unspecified atom stereocenters. The summed E-state index contributed by atoms with van der Waals surface area (Å²) in [6.07, 6.45) is 0.843. The normalized spacial score (nSPS) is 11.8. The molecule has 6 nitrogen and oxygen atoms in total. The smallest absolute Gasteiger partial charge is 0.240 e. The fourth-order valence-electron chi connectivity index (χ4n) is 2.81. The van der Waals surface area contributed by atoms with Crippen LogP contribution in [0.3, 0.4) is 0 Å². The minimum atomic E-state index is -3.97. The molecule has 1 N–H and O–H groups in total. The maximum absolute atomic E-state index is 14.0. The van der Waals surface area contributed by atoms with Crippen molar-refractivity contribution in [1.29, 1.82) is 0 Å². The van der Waals surface area contributed by atoms with Gasteiger partial charge in [-0.2, -0.15) is 0 Å². The molecule has 2 aromatic carbocycles. The molecule has 0 saturated carbocycles. The first-order valence-electron chi connectivity index (χ1n) is 9.31. The van der Waals surface area contributed by atoms with Crippen molar-refractivity contribution in [2.24, 2.45) is 0 Å². The summed E-state index contributed by atoms with van der Waals surface area (Å²) >= 11 is 0. The van der Waals surface area contributed by atoms with Crippen molar-refractivity contribution in [2.45, 2.75) is 26.2 Å². The van der Waals surface area contributed by atoms with E-state index in [-0.39, 0.29) is 18.6 Å². The number of carbonyl (C=O) groups is 1. The molecule has 164 valence electrons. The van der Waals surface area contributed by atoms with Crippen molar-refractivity contribution in [3.63, 3.8) is 0 Å². The van der Waals surface area contributed by atoms with E-state index in [1.165, 1.54) is 0 Å². The predicted octanol–water partition coefficient (Wildman–Crippen LogP) is 3.22. The zero-order valence-corrected chi connectivity index (χ0v) is 18.2. The Bertz CT molecular complexity index is 1000. The number of hydrogen-bond donors (Lipinski definition) is 1. The van der Waals surface area contributed by atoms with Gasteiger partial charge in [-0.05, 0) is 29.2 Å². The van der Waals surface area contributed by atoms with Gasteiger partial charge >= 0.3 is 0 Å². The molecule has 0 saturated heterocycles. The number of para-hydroxylation sites is 1. The Kier molecular flexibility index (Phi) is 7.41. The van der Waals surface area contributed by atoms with Crippen LogP contribution < -0.4 is 14.4 Å². The molecule has 0 aliphatic carbocycles. The van der Waals surface area contributed by atoms with Crippen LogP contribution in [0.4, 0.5) is 14.5 Å². The number of nitrogens with one attached hydrogen (secondary N) is 1. The first-order valence-corrected chi connectivity index (χ1v) is 11.2. The molecule has 0 bridgehead atoms. The molecular weight excluding hydrogens is 414 g/mol. The summed E-state index contributed by atoms with van der Waals surface area (Å²) in [5.74, 6) is -1.86. The summed E-state index contributed by atoms with van der Waals surface area (Å²) in [6.45, 7) is 5.84. The maximum Gasteiger partial charge on any atom is 0.240 e. The van der Waals surface area contributed by atoms with Gasteiger partial charge in [-0.25, -0.2) is 17.2 Å². The van der Waals surface area contributed by atoms with Gasteiger partial charge in [-0.3, -0.25) is 9.10 Å². The largest absolute Gasteiger partial charge is 0.491 e. The van der Waals surface area contributed by atoms with Crippen molar-refractivity contribution >= 4 is 21.6 Å². The minimum Gasteiger partial charge on any atom is -0.491 e. The van der Waals surface area contributed by atoms with E-state index in [1.807, 2.05) is 24.3 Å². The second-order valence-corrected chi connectivity index (χ2v) is 9.72. The lowest BCUT2D eigenvalue weighted by Gasteiger charge is -2.23. The van der Waals surface area contributed by atoms with Crippen LogP contribution in [0.15, 0.2) is 42.5 Å². The third kappa shape index (κ3) is 6.41. The number of benzene rings is 2. The van der Waals surface area contributed by atoms with Crippen molar-refractivity contribution < 1.29 is 26.7 Å². The standard InChI is InChI=1S/C21H26F2N2O4S/c1-21(2,3)16-7-5-6-8-19(16)29-12-11-24-20(26)14-25(30(4,27)28)18-10-9-15(22)13-17(18)23/h5-10,13H,11-12,14H2,1-4H3,(H,24,26). The molecule has 0 aromatic heterocycles. The number of rotatable bonds is 8. The quantitative estimate of drug-likeness (QED) is 0.640. The molecule has 1 amide bonds. The van der Waals surface area contributed by atoms with Gasteiger partial charge in [0.05, 0.1) is 18.5 Å². The van der Waals surface area contributed by atoms with Gasteiger partial charge < -0.3 is 10.1 Å². The molecule has 30 heavy (non-hydrogen) atoms. The number of amides is 1. The van der Waals surface area contributed by atoms with Crippen molar-refractivity contribution in [2.75, 3.05) is 30.3 Å². The Hall–Kier alpha value is -2.68. The van der Waals surface area contributed by atoms with Gasteiger partial charge in [0.2, 0.25) is 15.9 Å². The Morgan fingerprint density at radius 2 is 1.80 bits per heavy atom. The van der Waals surface area contributed by atoms with E-state index >= 15 is 0 Å². The Morgan fingerprint density at radius 1 is 1.13 bits per heavy atom. The van der Waals surface area contributed by atoms with Gasteiger partial charge in [0, 0.05) is 6.07 Å². The highest BCUT2D eigenvalue weighted by Crippen LogP contribution is 2.30. The van der Waals surface area contributed by atoms with Crippen molar-refractivity contribution in [3.05, 3.63) is 59.7 Å². The summed E-state index contributed by atoms with van der Waals surface area (Å²) in [6, 6.07) is 10.0. The predicted molar refractivity (Wildman–Crippen MR) is 112 cm³/mol. The zero-order chi connectivity index (χ0) is 22.5. The van der Waals surface area contributed by atoms with E-state index in [1.54, 1.807) is 0 Å². The van der Waals surface area contributed by atoms with Crippen LogP contribution in [0.5, 0.6) is 5.75 Å². The summed E-state index contributed by atoms with van der Waals surface area (Å²) in [5.41, 5.74) is 0.505. The van der Waals surface area contributed by atoms with E-state index in [0.29, 0.717) is 16.1 Å². The van der Waals surface area contributed by atoms with Gasteiger partial charge in [0.25, 0.3) is 0 Å². The summed E-state index contributed by atoms with van der Waals surface area (Å²) < 4.78 is 57.5. The van der Waals surface area contributed by atoms with Gasteiger partial charge in [-0.1, -0.05) is 39.0 Å². The molecule has 2 aromatic rings. The van der Waals surface area contributed by atoms with Gasteiger partial charge in [0.15, 0.2) is 0 Å². The lowest BCUT2D eigenvalue weighted by Crippen LogP contribution is -2.41. The monoisotopic (exact) mass is 440 g/mol. The first kappa shape index (κ1) is 23.6. The number of anilines is 1. The highest BCUT2D eigenvalue weighted by atomic mass is 32.2. The molecule has 0 radical (unpaired) electrons. The number of hydrogen-bond acceptors (Lipinski definition) is 4. The van der Waals surface area contributed by atoms with E-state index in [9.17, 15) is 22.0 Å². The first-order chi connectivity index (χ1) is 13.9. The topological polar surface area (TPSA) is 75.7 Å². The van der Waals surface area contributed by atoms with Crippen LogP contribution in [0.25, 0.3) is 0 Å². The third-order valence-corrected chi connectivity index (χ3v) is 5.37. The molecule has 0 heterocycles. The molecule has 2 rings (SSSR count). The fraction of sp³-hybridized carbons (Fsp3) is 0.381. The molecule has 9 heteroatoms. The summed E-state index contributed by atoms with van der Waals surface area (Å²) in [4.78, 5) is 12.2. The SMILES string of the molecule is CC(C)(C)c1ccccc1OCCNC(=O)CN(c1ccc(F)cc1F)S(C)(=O)=O. The highest BCUT2D eigenvalue weighted by Gasteiger charge is 2.24. The Labute approximate surface area is 175 Å². The average molecular weight is 441 g/mol. The summed E-state index contributed by atoms with van der Waals surface area (Å²) in [7, 11) is -3.97. The lowest BCUT2D eigenvalue weighted by atomic mass is 9.86. The van der Waals surface area contributed by atoms with Crippen LogP contribution >= 0.6 is 0 Å². The Morgan fingerprint density at radius 3 is 2.40 bits per heavy atom. The van der Waals surface area contributed by atoms with E-state index in [0.717, 1.165) is 24.0 Å². The Balaban J connectivity index is 1.98. The minimum absolute atomic E-state index is 0.116. The van der Waals surface area contributed by atoms with Crippen molar-refractivity contribution in [1.82, 2.24) is 5.32 Å². The molecule has 0 atom stereocenters. The molecule has 0 aliphatic heterocycles. The number of carbonyl (C=O) groups excluding carboxylic acids is 1. The van der Waals surface area contributed by atoms with Gasteiger partial charge in [0.1, 0.15) is 30.5 Å². The van der Waals surface area contributed by atoms with Crippen LogP contribution in [0.2, 0.25) is 0 Å². The second-order valence-electron chi connectivity index (χ2n) is 7.81. The molecular formula is C21H26F2N2O4S. The maximum atomic E-state index is 14.0. The zero-order valence-electron chi connectivity index (χ0n) is 17.4. The van der Waals surface area contributed by atoms with E-state index < -0.39 is 39.8 Å². The average Bonchev–Trinajstić information content (AvgIpc) is 2.62. The van der Waals surface area contributed by atoms with Crippen LogP contribution in [0.1, 0.15) is 26.3 Å². The van der Waals surface area contributed by atoms with Gasteiger partial charge in [-0.15, -0.1) is 0 Å². The highest BCUT2D eigenvalue weighted by molar-refractivity contribution is 7.92. The number of nitrogens with zero attached hydrogens (tertiary/aromatic N) is 1. The molecule has 0 aliphatic rings. The second kappa shape index (κ2) is 9.42. The third-order valence-electron chi connectivity index (χ3n) is 4.24. The van der Waals surface area contributed by atoms with Crippen LogP contribution in [-0.2, 0) is 20.2 Å². The fourth-order valence-corrected chi connectivity index (χ4v) is 3.67. The number of ether oxygens (including phenoxy) is 1.